The molecule has 0 atom stereocenters. The van der Waals surface area contributed by atoms with Gasteiger partial charge in [0.25, 0.3) is 0 Å². The number of unbranched alkanes of at least 4 members (excludes halogenated alkanes) is 4. The predicted octanol–water partition coefficient (Wildman–Crippen LogP) is 5.50. The molecular formula is C26H30N2O4. The number of benzene rings is 2. The molecule has 0 saturated heterocycles. The maximum Gasteiger partial charge on any atom is 0.224 e. The minimum Gasteiger partial charge on any atom is -0.325 e. The molecule has 32 heavy (non-hydrogen) atoms. The second-order valence-electron chi connectivity index (χ2n) is 8.13. The molecule has 0 radical (unpaired) electrons. The molecule has 6 heteroatoms. The minimum absolute atomic E-state index is 0.142. The van der Waals surface area contributed by atoms with Gasteiger partial charge in [-0.2, -0.15) is 0 Å². The van der Waals surface area contributed by atoms with Crippen molar-refractivity contribution in [3.05, 3.63) is 58.7 Å². The number of anilines is 2. The van der Waals surface area contributed by atoms with E-state index in [4.69, 9.17) is 0 Å². The smallest absolute Gasteiger partial charge is 0.224 e. The average molecular weight is 435 g/mol. The summed E-state index contributed by atoms with van der Waals surface area (Å²) in [6.07, 6.45) is 6.09. The number of rotatable bonds is 10. The molecule has 0 heterocycles. The Bertz CT molecular complexity index is 960. The van der Waals surface area contributed by atoms with Crippen molar-refractivity contribution < 1.29 is 19.2 Å². The first-order valence-corrected chi connectivity index (χ1v) is 11.4. The fraction of sp³-hybridized carbons (Fsp3) is 0.385. The average Bonchev–Trinajstić information content (AvgIpc) is 2.78. The molecule has 0 aromatic heterocycles. The Balaban J connectivity index is 1.98. The molecule has 0 saturated carbocycles. The highest BCUT2D eigenvalue weighted by Crippen LogP contribution is 2.36. The minimum atomic E-state index is -0.332. The van der Waals surface area contributed by atoms with Crippen molar-refractivity contribution in [3.8, 4) is 0 Å². The molecule has 6 nitrogen and oxygen atoms in total. The normalized spacial score (nSPS) is 12.2. The van der Waals surface area contributed by atoms with Crippen molar-refractivity contribution in [1.82, 2.24) is 0 Å². The number of amides is 2. The molecule has 1 aliphatic carbocycles. The van der Waals surface area contributed by atoms with Crippen LogP contribution >= 0.6 is 0 Å². The lowest BCUT2D eigenvalue weighted by atomic mass is 9.82. The monoisotopic (exact) mass is 434 g/mol. The second-order valence-corrected chi connectivity index (χ2v) is 8.13. The Hall–Kier alpha value is -3.28. The lowest BCUT2D eigenvalue weighted by molar-refractivity contribution is -0.117. The second kappa shape index (κ2) is 10.8. The van der Waals surface area contributed by atoms with Crippen LogP contribution in [0.25, 0.3) is 0 Å². The highest BCUT2D eigenvalue weighted by molar-refractivity contribution is 6.32. The first-order valence-electron chi connectivity index (χ1n) is 11.4. The molecule has 2 N–H and O–H groups in total. The van der Waals surface area contributed by atoms with Crippen LogP contribution < -0.4 is 10.6 Å². The topological polar surface area (TPSA) is 92.3 Å². The van der Waals surface area contributed by atoms with Crippen molar-refractivity contribution in [2.75, 3.05) is 10.6 Å². The van der Waals surface area contributed by atoms with E-state index in [1.54, 1.807) is 36.4 Å². The van der Waals surface area contributed by atoms with Gasteiger partial charge in [-0.1, -0.05) is 63.8 Å². The summed E-state index contributed by atoms with van der Waals surface area (Å²) in [5, 5.41) is 5.62. The highest BCUT2D eigenvalue weighted by Gasteiger charge is 2.34. The van der Waals surface area contributed by atoms with Crippen LogP contribution in [0.4, 0.5) is 11.4 Å². The summed E-state index contributed by atoms with van der Waals surface area (Å²) in [5.41, 5.74) is 1.50. The standard InChI is InChI=1S/C26H30N2O4/c1-3-5-7-13-21(29)27-19-15-16-20(28-22(30)14-8-6-4-2)24-23(19)25(31)17-11-9-10-12-18(17)26(24)32/h9-12,15-16H,3-8,13-14H2,1-2H3,(H,27,29)(H,28,30). The van der Waals surface area contributed by atoms with Gasteiger partial charge in [0.05, 0.1) is 22.5 Å². The lowest BCUT2D eigenvalue weighted by Gasteiger charge is -2.23. The zero-order valence-electron chi connectivity index (χ0n) is 18.8. The van der Waals surface area contributed by atoms with Crippen LogP contribution in [-0.4, -0.2) is 23.4 Å². The molecule has 3 rings (SSSR count). The molecule has 1 aliphatic rings. The zero-order valence-corrected chi connectivity index (χ0v) is 18.8. The summed E-state index contributed by atoms with van der Waals surface area (Å²) in [4.78, 5) is 51.6. The van der Waals surface area contributed by atoms with Crippen LogP contribution in [0.1, 0.15) is 97.1 Å². The van der Waals surface area contributed by atoms with Crippen molar-refractivity contribution in [2.45, 2.75) is 65.2 Å². The largest absolute Gasteiger partial charge is 0.325 e. The summed E-state index contributed by atoms with van der Waals surface area (Å²) in [7, 11) is 0. The quantitative estimate of drug-likeness (QED) is 0.412. The van der Waals surface area contributed by atoms with Crippen LogP contribution in [0.2, 0.25) is 0 Å². The predicted molar refractivity (Wildman–Crippen MR) is 125 cm³/mol. The van der Waals surface area contributed by atoms with E-state index in [1.807, 2.05) is 0 Å². The van der Waals surface area contributed by atoms with E-state index >= 15 is 0 Å². The third-order valence-corrected chi connectivity index (χ3v) is 5.64. The first-order chi connectivity index (χ1) is 15.5. The van der Waals surface area contributed by atoms with Gasteiger partial charge in [-0.25, -0.2) is 0 Å². The SMILES string of the molecule is CCCCCC(=O)Nc1ccc(NC(=O)CCCCC)c2c1C(=O)c1ccccc1C2=O. The summed E-state index contributed by atoms with van der Waals surface area (Å²) in [5.74, 6) is -1.06. The Labute approximate surface area is 188 Å². The van der Waals surface area contributed by atoms with Crippen LogP contribution in [0.15, 0.2) is 36.4 Å². The van der Waals surface area contributed by atoms with Gasteiger partial charge in [0.15, 0.2) is 11.6 Å². The van der Waals surface area contributed by atoms with E-state index in [-0.39, 0.29) is 34.5 Å². The van der Waals surface area contributed by atoms with E-state index in [2.05, 4.69) is 24.5 Å². The summed E-state index contributed by atoms with van der Waals surface area (Å²) in [6.45, 7) is 4.12. The number of hydrogen-bond donors (Lipinski definition) is 2. The number of ketones is 2. The van der Waals surface area contributed by atoms with Gasteiger partial charge >= 0.3 is 0 Å². The van der Waals surface area contributed by atoms with Crippen LogP contribution in [-0.2, 0) is 9.59 Å². The number of hydrogen-bond acceptors (Lipinski definition) is 4. The molecule has 0 unspecified atom stereocenters. The van der Waals surface area contributed by atoms with E-state index in [0.717, 1.165) is 38.5 Å². The van der Waals surface area contributed by atoms with Gasteiger partial charge in [0.1, 0.15) is 0 Å². The van der Waals surface area contributed by atoms with Gasteiger partial charge in [0, 0.05) is 24.0 Å². The summed E-state index contributed by atoms with van der Waals surface area (Å²) < 4.78 is 0. The Morgan fingerprint density at radius 2 is 1.06 bits per heavy atom. The van der Waals surface area contributed by atoms with Gasteiger partial charge in [-0.3, -0.25) is 19.2 Å². The highest BCUT2D eigenvalue weighted by atomic mass is 16.2. The zero-order chi connectivity index (χ0) is 23.1. The first kappa shape index (κ1) is 23.4. The molecule has 0 fully saturated rings. The van der Waals surface area contributed by atoms with Crippen LogP contribution in [0.3, 0.4) is 0 Å². The Morgan fingerprint density at radius 1 is 0.656 bits per heavy atom. The van der Waals surface area contributed by atoms with E-state index in [9.17, 15) is 19.2 Å². The van der Waals surface area contributed by atoms with Gasteiger partial charge in [-0.15, -0.1) is 0 Å². The van der Waals surface area contributed by atoms with Gasteiger partial charge < -0.3 is 10.6 Å². The molecule has 0 bridgehead atoms. The van der Waals surface area contributed by atoms with E-state index < -0.39 is 0 Å². The fourth-order valence-electron chi connectivity index (χ4n) is 3.93. The maximum atomic E-state index is 13.3. The number of fused-ring (bicyclic) bond motifs is 2. The molecule has 2 amide bonds. The molecule has 168 valence electrons. The van der Waals surface area contributed by atoms with Crippen LogP contribution in [0, 0.1) is 0 Å². The molecular weight excluding hydrogens is 404 g/mol. The van der Waals surface area contributed by atoms with Crippen LogP contribution in [0.5, 0.6) is 0 Å². The third kappa shape index (κ3) is 5.13. The van der Waals surface area contributed by atoms with Gasteiger partial charge in [-0.05, 0) is 25.0 Å². The van der Waals surface area contributed by atoms with Gasteiger partial charge in [0.2, 0.25) is 11.8 Å². The van der Waals surface area contributed by atoms with Crippen molar-refractivity contribution in [3.63, 3.8) is 0 Å². The number of carbonyl (C=O) groups is 4. The third-order valence-electron chi connectivity index (χ3n) is 5.64. The fourth-order valence-corrected chi connectivity index (χ4v) is 3.93. The molecule has 0 spiro atoms. The van der Waals surface area contributed by atoms with Crippen molar-refractivity contribution >= 4 is 34.8 Å². The van der Waals surface area contributed by atoms with E-state index in [1.165, 1.54) is 0 Å². The maximum absolute atomic E-state index is 13.3. The number of nitrogens with one attached hydrogen (secondary N) is 2. The molecule has 2 aromatic carbocycles. The lowest BCUT2D eigenvalue weighted by Crippen LogP contribution is -2.26. The summed E-state index contributed by atoms with van der Waals surface area (Å²) >= 11 is 0. The number of carbonyl (C=O) groups excluding carboxylic acids is 4. The van der Waals surface area contributed by atoms with E-state index in [0.29, 0.717) is 35.3 Å². The Kier molecular flexibility index (Phi) is 7.92. The van der Waals surface area contributed by atoms with Crippen molar-refractivity contribution in [2.24, 2.45) is 0 Å². The molecule has 0 aliphatic heterocycles. The summed E-state index contributed by atoms with van der Waals surface area (Å²) in [6, 6.07) is 9.83. The molecule has 2 aromatic rings. The Morgan fingerprint density at radius 3 is 1.44 bits per heavy atom. The van der Waals surface area contributed by atoms with Crippen molar-refractivity contribution in [1.29, 1.82) is 0 Å².